The van der Waals surface area contributed by atoms with Crippen molar-refractivity contribution in [3.8, 4) is 11.5 Å². The average Bonchev–Trinajstić information content (AvgIpc) is 3.03. The van der Waals surface area contributed by atoms with E-state index in [1.54, 1.807) is 10.6 Å². The number of aryl methyl sites for hydroxylation is 2. The molecule has 2 aromatic carbocycles. The van der Waals surface area contributed by atoms with Crippen LogP contribution < -0.4 is 10.1 Å². The molecule has 0 bridgehead atoms. The molecule has 29 heavy (non-hydrogen) atoms. The van der Waals surface area contributed by atoms with E-state index in [-0.39, 0.29) is 29.7 Å². The molecule has 9 heteroatoms. The Kier molecular flexibility index (Phi) is 6.66. The number of carbonyl (C=O) groups excluding carboxylic acids is 1. The SMILES string of the molecule is Cc1ccc(C)c(OCc2nnc(SCC(=O)Nc3cc(Cl)ccc3O)n2C)c1. The highest BCUT2D eigenvalue weighted by Gasteiger charge is 2.14. The standard InChI is InChI=1S/C20H21ClN4O3S/c1-12-4-5-13(2)17(8-12)28-10-18-23-24-20(25(18)3)29-11-19(27)22-15-9-14(21)6-7-16(15)26/h4-9,26H,10-11H2,1-3H3,(H,22,27). The van der Waals surface area contributed by atoms with Crippen LogP contribution in [0.3, 0.4) is 0 Å². The fraction of sp³-hybridized carbons (Fsp3) is 0.250. The van der Waals surface area contributed by atoms with Crippen LogP contribution >= 0.6 is 23.4 Å². The van der Waals surface area contributed by atoms with Gasteiger partial charge in [-0.05, 0) is 49.2 Å². The van der Waals surface area contributed by atoms with E-state index in [0.29, 0.717) is 16.0 Å². The Labute approximate surface area is 178 Å². The number of nitrogens with zero attached hydrogens (tertiary/aromatic N) is 3. The van der Waals surface area contributed by atoms with Crippen molar-refractivity contribution in [2.45, 2.75) is 25.6 Å². The fourth-order valence-electron chi connectivity index (χ4n) is 2.53. The van der Waals surface area contributed by atoms with E-state index in [9.17, 15) is 9.90 Å². The molecule has 152 valence electrons. The van der Waals surface area contributed by atoms with Crippen LogP contribution in [0.25, 0.3) is 0 Å². The quantitative estimate of drug-likeness (QED) is 0.431. The van der Waals surface area contributed by atoms with Crippen LogP contribution in [0.15, 0.2) is 41.6 Å². The maximum atomic E-state index is 12.2. The summed E-state index contributed by atoms with van der Waals surface area (Å²) in [5.41, 5.74) is 2.44. The van der Waals surface area contributed by atoms with Crippen molar-refractivity contribution >= 4 is 35.0 Å². The van der Waals surface area contributed by atoms with Gasteiger partial charge in [0.25, 0.3) is 0 Å². The molecule has 3 rings (SSSR count). The minimum absolute atomic E-state index is 0.0442. The molecule has 1 amide bonds. The number of amides is 1. The zero-order chi connectivity index (χ0) is 21.0. The van der Waals surface area contributed by atoms with Gasteiger partial charge in [0.1, 0.15) is 18.1 Å². The van der Waals surface area contributed by atoms with Gasteiger partial charge in [-0.1, -0.05) is 35.5 Å². The van der Waals surface area contributed by atoms with Gasteiger partial charge in [-0.25, -0.2) is 0 Å². The third-order valence-corrected chi connectivity index (χ3v) is 5.45. The molecule has 0 aliphatic carbocycles. The molecule has 2 N–H and O–H groups in total. The highest BCUT2D eigenvalue weighted by molar-refractivity contribution is 7.99. The van der Waals surface area contributed by atoms with Crippen molar-refractivity contribution in [1.82, 2.24) is 14.8 Å². The first-order valence-electron chi connectivity index (χ1n) is 8.83. The Hall–Kier alpha value is -2.71. The molecule has 0 aliphatic heterocycles. The molecule has 1 aromatic heterocycles. The summed E-state index contributed by atoms with van der Waals surface area (Å²) >= 11 is 7.13. The normalized spacial score (nSPS) is 10.8. The van der Waals surface area contributed by atoms with Gasteiger partial charge in [-0.15, -0.1) is 10.2 Å². The lowest BCUT2D eigenvalue weighted by Gasteiger charge is -2.10. The fourth-order valence-corrected chi connectivity index (χ4v) is 3.43. The maximum Gasteiger partial charge on any atom is 0.234 e. The molecule has 0 aliphatic rings. The Balaban J connectivity index is 1.57. The van der Waals surface area contributed by atoms with Crippen molar-refractivity contribution in [1.29, 1.82) is 0 Å². The summed E-state index contributed by atoms with van der Waals surface area (Å²) in [5.74, 6) is 1.24. The van der Waals surface area contributed by atoms with Gasteiger partial charge < -0.3 is 19.7 Å². The number of aromatic nitrogens is 3. The predicted octanol–water partition coefficient (Wildman–Crippen LogP) is 4.10. The summed E-state index contributed by atoms with van der Waals surface area (Å²) in [4.78, 5) is 12.2. The largest absolute Gasteiger partial charge is 0.506 e. The van der Waals surface area contributed by atoms with Crippen molar-refractivity contribution < 1.29 is 14.6 Å². The van der Waals surface area contributed by atoms with Crippen LogP contribution in [0.4, 0.5) is 5.69 Å². The lowest BCUT2D eigenvalue weighted by Crippen LogP contribution is -2.14. The number of hydrogen-bond acceptors (Lipinski definition) is 6. The third kappa shape index (κ3) is 5.42. The molecule has 0 spiro atoms. The minimum Gasteiger partial charge on any atom is -0.506 e. The highest BCUT2D eigenvalue weighted by Crippen LogP contribution is 2.27. The van der Waals surface area contributed by atoms with E-state index in [1.165, 1.54) is 23.9 Å². The zero-order valence-corrected chi connectivity index (χ0v) is 17.8. The summed E-state index contributed by atoms with van der Waals surface area (Å²) in [5, 5.41) is 21.7. The molecule has 0 saturated heterocycles. The minimum atomic E-state index is -0.288. The maximum absolute atomic E-state index is 12.2. The summed E-state index contributed by atoms with van der Waals surface area (Å²) < 4.78 is 7.67. The van der Waals surface area contributed by atoms with Gasteiger partial charge in [-0.2, -0.15) is 0 Å². The second kappa shape index (κ2) is 9.19. The van der Waals surface area contributed by atoms with Gasteiger partial charge in [-0.3, -0.25) is 4.79 Å². The number of carbonyl (C=O) groups is 1. The van der Waals surface area contributed by atoms with Gasteiger partial charge in [0, 0.05) is 12.1 Å². The van der Waals surface area contributed by atoms with Crippen LogP contribution in [0.1, 0.15) is 17.0 Å². The number of nitrogens with one attached hydrogen (secondary N) is 1. The van der Waals surface area contributed by atoms with E-state index in [2.05, 4.69) is 15.5 Å². The number of phenols is 1. The number of ether oxygens (including phenoxy) is 1. The first kappa shape index (κ1) is 21.0. The number of hydrogen-bond donors (Lipinski definition) is 2. The molecular formula is C20H21ClN4O3S. The van der Waals surface area contributed by atoms with Crippen LogP contribution in [0.2, 0.25) is 5.02 Å². The summed E-state index contributed by atoms with van der Waals surface area (Å²) in [6, 6.07) is 10.5. The monoisotopic (exact) mass is 432 g/mol. The van der Waals surface area contributed by atoms with Gasteiger partial charge in [0.2, 0.25) is 5.91 Å². The van der Waals surface area contributed by atoms with Crippen molar-refractivity contribution in [2.24, 2.45) is 7.05 Å². The molecule has 0 atom stereocenters. The lowest BCUT2D eigenvalue weighted by atomic mass is 10.1. The zero-order valence-electron chi connectivity index (χ0n) is 16.3. The number of aromatic hydroxyl groups is 1. The number of phenolic OH excluding ortho intramolecular Hbond substituents is 1. The van der Waals surface area contributed by atoms with E-state index in [0.717, 1.165) is 16.9 Å². The summed E-state index contributed by atoms with van der Waals surface area (Å²) in [6.07, 6.45) is 0. The van der Waals surface area contributed by atoms with E-state index < -0.39 is 0 Å². The number of benzene rings is 2. The Morgan fingerprint density at radius 1 is 1.24 bits per heavy atom. The van der Waals surface area contributed by atoms with Crippen LogP contribution in [-0.2, 0) is 18.4 Å². The molecular weight excluding hydrogens is 412 g/mol. The number of thioether (sulfide) groups is 1. The van der Waals surface area contributed by atoms with Gasteiger partial charge >= 0.3 is 0 Å². The van der Waals surface area contributed by atoms with Gasteiger partial charge in [0.15, 0.2) is 11.0 Å². The molecule has 3 aromatic rings. The topological polar surface area (TPSA) is 89.3 Å². The summed E-state index contributed by atoms with van der Waals surface area (Å²) in [6.45, 7) is 4.28. The number of halogens is 1. The van der Waals surface area contributed by atoms with Crippen molar-refractivity contribution in [3.63, 3.8) is 0 Å². The molecule has 7 nitrogen and oxygen atoms in total. The highest BCUT2D eigenvalue weighted by atomic mass is 35.5. The number of anilines is 1. The first-order chi connectivity index (χ1) is 13.8. The second-order valence-corrected chi connectivity index (χ2v) is 7.89. The first-order valence-corrected chi connectivity index (χ1v) is 10.2. The van der Waals surface area contributed by atoms with Crippen LogP contribution in [0, 0.1) is 13.8 Å². The van der Waals surface area contributed by atoms with Crippen molar-refractivity contribution in [2.75, 3.05) is 11.1 Å². The smallest absolute Gasteiger partial charge is 0.234 e. The van der Waals surface area contributed by atoms with Crippen LogP contribution in [0.5, 0.6) is 11.5 Å². The van der Waals surface area contributed by atoms with E-state index >= 15 is 0 Å². The van der Waals surface area contributed by atoms with Gasteiger partial charge in [0.05, 0.1) is 11.4 Å². The lowest BCUT2D eigenvalue weighted by molar-refractivity contribution is -0.113. The Morgan fingerprint density at radius 3 is 2.83 bits per heavy atom. The Bertz CT molecular complexity index is 1040. The third-order valence-electron chi connectivity index (χ3n) is 4.19. The van der Waals surface area contributed by atoms with Crippen molar-refractivity contribution in [3.05, 3.63) is 58.4 Å². The number of rotatable bonds is 7. The molecule has 0 fully saturated rings. The second-order valence-electron chi connectivity index (χ2n) is 6.51. The molecule has 0 unspecified atom stereocenters. The average molecular weight is 433 g/mol. The molecule has 0 saturated carbocycles. The summed E-state index contributed by atoms with van der Waals surface area (Å²) in [7, 11) is 1.82. The van der Waals surface area contributed by atoms with Crippen LogP contribution in [-0.4, -0.2) is 31.5 Å². The predicted molar refractivity (Wildman–Crippen MR) is 114 cm³/mol. The Morgan fingerprint density at radius 2 is 2.03 bits per heavy atom. The van der Waals surface area contributed by atoms with E-state index in [4.69, 9.17) is 16.3 Å². The molecule has 1 heterocycles. The molecule has 0 radical (unpaired) electrons. The van der Waals surface area contributed by atoms with E-state index in [1.807, 2.05) is 39.1 Å².